The molecule has 0 aromatic heterocycles. The SMILES string of the molecule is Cc1ccc(N(CC(=O)N(Cc2ccc(Br)cc2)[C@@H](C)C(=O)NC(C)C)S(=O)(=O)c2ccc(C)cc2)cc1. The van der Waals surface area contributed by atoms with E-state index >= 15 is 0 Å². The quantitative estimate of drug-likeness (QED) is 0.347. The Morgan fingerprint density at radius 1 is 0.842 bits per heavy atom. The van der Waals surface area contributed by atoms with Gasteiger partial charge in [0.15, 0.2) is 0 Å². The fourth-order valence-corrected chi connectivity index (χ4v) is 5.53. The van der Waals surface area contributed by atoms with Crippen molar-refractivity contribution in [2.24, 2.45) is 0 Å². The van der Waals surface area contributed by atoms with Gasteiger partial charge in [-0.25, -0.2) is 8.42 Å². The number of carbonyl (C=O) groups excluding carboxylic acids is 2. The number of hydrogen-bond donors (Lipinski definition) is 1. The van der Waals surface area contributed by atoms with Crippen LogP contribution >= 0.6 is 15.9 Å². The van der Waals surface area contributed by atoms with Gasteiger partial charge in [0.2, 0.25) is 11.8 Å². The van der Waals surface area contributed by atoms with E-state index < -0.39 is 28.5 Å². The number of nitrogens with zero attached hydrogens (tertiary/aromatic N) is 2. The lowest BCUT2D eigenvalue weighted by Crippen LogP contribution is -2.52. The third-order valence-electron chi connectivity index (χ3n) is 6.07. The van der Waals surface area contributed by atoms with Gasteiger partial charge in [0, 0.05) is 17.1 Å². The normalized spacial score (nSPS) is 12.2. The predicted octanol–water partition coefficient (Wildman–Crippen LogP) is 5.20. The largest absolute Gasteiger partial charge is 0.352 e. The fourth-order valence-electron chi connectivity index (χ4n) is 3.85. The van der Waals surface area contributed by atoms with Gasteiger partial charge in [-0.3, -0.25) is 13.9 Å². The molecule has 0 aliphatic rings. The second-order valence-electron chi connectivity index (χ2n) is 9.65. The van der Waals surface area contributed by atoms with E-state index in [1.54, 1.807) is 43.3 Å². The van der Waals surface area contributed by atoms with Gasteiger partial charge in [-0.15, -0.1) is 0 Å². The van der Waals surface area contributed by atoms with Crippen molar-refractivity contribution in [3.63, 3.8) is 0 Å². The molecule has 3 aromatic carbocycles. The highest BCUT2D eigenvalue weighted by Gasteiger charge is 2.32. The molecule has 9 heteroatoms. The highest BCUT2D eigenvalue weighted by Crippen LogP contribution is 2.25. The molecule has 0 aliphatic carbocycles. The van der Waals surface area contributed by atoms with Gasteiger partial charge in [-0.1, -0.05) is 63.5 Å². The maximum absolute atomic E-state index is 13.9. The number of nitrogens with one attached hydrogen (secondary N) is 1. The molecule has 0 saturated carbocycles. The van der Waals surface area contributed by atoms with E-state index in [9.17, 15) is 18.0 Å². The average molecular weight is 601 g/mol. The van der Waals surface area contributed by atoms with E-state index in [0.29, 0.717) is 5.69 Å². The molecule has 38 heavy (non-hydrogen) atoms. The number of benzene rings is 3. The van der Waals surface area contributed by atoms with E-state index in [-0.39, 0.29) is 23.4 Å². The van der Waals surface area contributed by atoms with Crippen molar-refractivity contribution in [3.8, 4) is 0 Å². The van der Waals surface area contributed by atoms with E-state index in [4.69, 9.17) is 0 Å². The number of halogens is 1. The summed E-state index contributed by atoms with van der Waals surface area (Å²) in [6.07, 6.45) is 0. The summed E-state index contributed by atoms with van der Waals surface area (Å²) < 4.78 is 29.6. The lowest BCUT2D eigenvalue weighted by molar-refractivity contribution is -0.139. The van der Waals surface area contributed by atoms with E-state index in [1.165, 1.54) is 17.0 Å². The molecule has 202 valence electrons. The van der Waals surface area contributed by atoms with E-state index in [1.807, 2.05) is 52.0 Å². The summed E-state index contributed by atoms with van der Waals surface area (Å²) in [5.41, 5.74) is 3.07. The maximum Gasteiger partial charge on any atom is 0.264 e. The molecule has 3 rings (SSSR count). The van der Waals surface area contributed by atoms with Crippen molar-refractivity contribution in [3.05, 3.63) is 94.0 Å². The van der Waals surface area contributed by atoms with Gasteiger partial charge in [-0.05, 0) is 76.6 Å². The van der Waals surface area contributed by atoms with Crippen molar-refractivity contribution in [2.45, 2.75) is 58.1 Å². The van der Waals surface area contributed by atoms with Crippen LogP contribution in [0.4, 0.5) is 5.69 Å². The first-order valence-electron chi connectivity index (χ1n) is 12.4. The lowest BCUT2D eigenvalue weighted by atomic mass is 10.1. The van der Waals surface area contributed by atoms with Crippen LogP contribution in [0, 0.1) is 13.8 Å². The molecule has 1 N–H and O–H groups in total. The second-order valence-corrected chi connectivity index (χ2v) is 12.4. The first kappa shape index (κ1) is 29.4. The molecule has 0 spiro atoms. The Kier molecular flexibility index (Phi) is 9.73. The van der Waals surface area contributed by atoms with Gasteiger partial charge < -0.3 is 10.2 Å². The Morgan fingerprint density at radius 2 is 1.37 bits per heavy atom. The number of rotatable bonds is 10. The Labute approximate surface area is 234 Å². The molecular formula is C29H34BrN3O4S. The van der Waals surface area contributed by atoms with Crippen molar-refractivity contribution in [2.75, 3.05) is 10.8 Å². The van der Waals surface area contributed by atoms with Crippen LogP contribution in [-0.4, -0.2) is 43.8 Å². The smallest absolute Gasteiger partial charge is 0.264 e. The van der Waals surface area contributed by atoms with Crippen LogP contribution in [-0.2, 0) is 26.2 Å². The highest BCUT2D eigenvalue weighted by molar-refractivity contribution is 9.10. The first-order valence-corrected chi connectivity index (χ1v) is 14.6. The molecule has 1 atom stereocenters. The molecule has 2 amide bonds. The molecule has 0 bridgehead atoms. The third kappa shape index (κ3) is 7.45. The molecule has 0 saturated heterocycles. The van der Waals surface area contributed by atoms with Crippen molar-refractivity contribution >= 4 is 43.5 Å². The summed E-state index contributed by atoms with van der Waals surface area (Å²) in [5.74, 6) is -0.802. The number of aryl methyl sites for hydroxylation is 2. The zero-order chi connectivity index (χ0) is 28.0. The minimum atomic E-state index is -4.08. The van der Waals surface area contributed by atoms with E-state index in [0.717, 1.165) is 25.5 Å². The summed E-state index contributed by atoms with van der Waals surface area (Å²) in [6.45, 7) is 8.81. The second kappa shape index (κ2) is 12.6. The monoisotopic (exact) mass is 599 g/mol. The van der Waals surface area contributed by atoms with Crippen LogP contribution in [0.1, 0.15) is 37.5 Å². The summed E-state index contributed by atoms with van der Waals surface area (Å²) >= 11 is 3.41. The van der Waals surface area contributed by atoms with Gasteiger partial charge in [0.05, 0.1) is 10.6 Å². The Morgan fingerprint density at radius 3 is 1.89 bits per heavy atom. The minimum Gasteiger partial charge on any atom is -0.352 e. The van der Waals surface area contributed by atoms with Crippen LogP contribution in [0.5, 0.6) is 0 Å². The summed E-state index contributed by atoms with van der Waals surface area (Å²) in [5, 5.41) is 2.85. The number of sulfonamides is 1. The lowest BCUT2D eigenvalue weighted by Gasteiger charge is -2.32. The summed E-state index contributed by atoms with van der Waals surface area (Å²) in [7, 11) is -4.08. The van der Waals surface area contributed by atoms with Gasteiger partial charge >= 0.3 is 0 Å². The maximum atomic E-state index is 13.9. The molecule has 3 aromatic rings. The van der Waals surface area contributed by atoms with Gasteiger partial charge in [0.25, 0.3) is 10.0 Å². The number of amides is 2. The molecular weight excluding hydrogens is 566 g/mol. The van der Waals surface area contributed by atoms with Crippen molar-refractivity contribution in [1.29, 1.82) is 0 Å². The first-order chi connectivity index (χ1) is 17.9. The Balaban J connectivity index is 2.02. The Hall–Kier alpha value is -3.17. The standard InChI is InChI=1S/C29H34BrN3O4S/c1-20(2)31-29(35)23(5)32(18-24-10-12-25(30)13-11-24)28(34)19-33(26-14-6-21(3)7-15-26)38(36,37)27-16-8-22(4)9-17-27/h6-17,20,23H,18-19H2,1-5H3,(H,31,35)/t23-/m0/s1. The van der Waals surface area contributed by atoms with Crippen LogP contribution < -0.4 is 9.62 Å². The van der Waals surface area contributed by atoms with Gasteiger partial charge in [0.1, 0.15) is 12.6 Å². The molecule has 0 fully saturated rings. The van der Waals surface area contributed by atoms with Crippen LogP contribution in [0.25, 0.3) is 0 Å². The summed E-state index contributed by atoms with van der Waals surface area (Å²) in [4.78, 5) is 28.3. The number of anilines is 1. The molecule has 7 nitrogen and oxygen atoms in total. The van der Waals surface area contributed by atoms with Gasteiger partial charge in [-0.2, -0.15) is 0 Å². The predicted molar refractivity (Wildman–Crippen MR) is 154 cm³/mol. The molecule has 0 radical (unpaired) electrons. The molecule has 0 heterocycles. The Bertz CT molecular complexity index is 1360. The van der Waals surface area contributed by atoms with Crippen molar-refractivity contribution < 1.29 is 18.0 Å². The number of carbonyl (C=O) groups is 2. The van der Waals surface area contributed by atoms with Crippen LogP contribution in [0.15, 0.2) is 82.2 Å². The fraction of sp³-hybridized carbons (Fsp3) is 0.310. The zero-order valence-corrected chi connectivity index (χ0v) is 24.7. The highest BCUT2D eigenvalue weighted by atomic mass is 79.9. The molecule has 0 aliphatic heterocycles. The molecule has 0 unspecified atom stereocenters. The summed E-state index contributed by atoms with van der Waals surface area (Å²) in [6, 6.07) is 20.0. The average Bonchev–Trinajstić information content (AvgIpc) is 2.87. The van der Waals surface area contributed by atoms with Crippen molar-refractivity contribution in [1.82, 2.24) is 10.2 Å². The van der Waals surface area contributed by atoms with E-state index in [2.05, 4.69) is 21.2 Å². The van der Waals surface area contributed by atoms with Crippen LogP contribution in [0.2, 0.25) is 0 Å². The topological polar surface area (TPSA) is 86.8 Å². The minimum absolute atomic E-state index is 0.0848. The number of hydrogen-bond acceptors (Lipinski definition) is 4. The zero-order valence-electron chi connectivity index (χ0n) is 22.3. The van der Waals surface area contributed by atoms with Crippen LogP contribution in [0.3, 0.4) is 0 Å². The third-order valence-corrected chi connectivity index (χ3v) is 8.39.